The summed E-state index contributed by atoms with van der Waals surface area (Å²) in [5, 5.41) is 13.1. The number of halogens is 5. The van der Waals surface area contributed by atoms with Crippen molar-refractivity contribution in [2.45, 2.75) is 4.69 Å². The van der Waals surface area contributed by atoms with Crippen LogP contribution >= 0.6 is 68.0 Å². The number of rotatable bonds is 4. The van der Waals surface area contributed by atoms with Crippen LogP contribution < -0.4 is 0 Å². The van der Waals surface area contributed by atoms with Gasteiger partial charge in [-0.1, -0.05) is 0 Å². The average molecular weight is 576 g/mol. The molecule has 3 aromatic rings. The van der Waals surface area contributed by atoms with Gasteiger partial charge in [0.1, 0.15) is 0 Å². The van der Waals surface area contributed by atoms with Crippen molar-refractivity contribution in [3.8, 4) is 0 Å². The third-order valence-corrected chi connectivity index (χ3v) is 6.94. The van der Waals surface area contributed by atoms with Gasteiger partial charge in [-0.25, -0.2) is 0 Å². The van der Waals surface area contributed by atoms with Crippen LogP contribution in [0.5, 0.6) is 0 Å². The minimum absolute atomic E-state index is 0.798. The van der Waals surface area contributed by atoms with Crippen molar-refractivity contribution >= 4 is 68.0 Å². The predicted molar refractivity (Wildman–Crippen MR) is 90.3 cm³/mol. The van der Waals surface area contributed by atoms with Crippen LogP contribution in [-0.4, -0.2) is 29.3 Å². The second-order valence-electron chi connectivity index (χ2n) is 4.06. The zero-order valence-corrected chi connectivity index (χ0v) is 17.9. The van der Waals surface area contributed by atoms with Crippen molar-refractivity contribution in [2.75, 3.05) is 0 Å². The fourth-order valence-electron chi connectivity index (χ4n) is 1.88. The van der Waals surface area contributed by atoms with E-state index >= 15 is 0 Å². The maximum atomic E-state index is 6.47. The van der Waals surface area contributed by atoms with Gasteiger partial charge in [-0.15, -0.1) is 0 Å². The number of aromatic nitrogens is 6. The Labute approximate surface area is 163 Å². The molecule has 3 heterocycles. The van der Waals surface area contributed by atoms with E-state index in [0.29, 0.717) is 0 Å². The third-order valence-electron chi connectivity index (χ3n) is 2.72. The molecule has 0 bridgehead atoms. The molecule has 0 unspecified atom stereocenters. The zero-order valence-electron chi connectivity index (χ0n) is 10.4. The molecular weight excluding hydrogens is 570 g/mol. The van der Waals surface area contributed by atoms with E-state index in [9.17, 15) is 0 Å². The first-order valence-corrected chi connectivity index (χ1v) is 11.8. The summed E-state index contributed by atoms with van der Waals surface area (Å²) in [7, 11) is 12.9. The van der Waals surface area contributed by atoms with Gasteiger partial charge in [0, 0.05) is 0 Å². The molecule has 0 aromatic carbocycles. The maximum absolute atomic E-state index is 6.47. The molecule has 0 aliphatic carbocycles. The molecule has 0 aliphatic heterocycles. The van der Waals surface area contributed by atoms with Crippen molar-refractivity contribution in [1.82, 2.24) is 29.3 Å². The summed E-state index contributed by atoms with van der Waals surface area (Å²) in [5.41, 5.74) is 0. The molecule has 0 N–H and O–H groups in total. The van der Waals surface area contributed by atoms with Crippen LogP contribution in [0.25, 0.3) is 0 Å². The molecule has 0 radical (unpaired) electrons. The molecule has 0 aliphatic rings. The molecule has 0 spiro atoms. The summed E-state index contributed by atoms with van der Waals surface area (Å²) in [6.07, 6.45) is 10.3. The molecule has 12 heteroatoms. The molecule has 3 rings (SSSR count). The van der Waals surface area contributed by atoms with E-state index < -0.39 is 16.8 Å². The molecule has 118 valence electrons. The molecule has 0 amide bonds. The summed E-state index contributed by atoms with van der Waals surface area (Å²) in [5.74, 6) is 0. The third kappa shape index (κ3) is 2.83. The number of hydrogen-bond donors (Lipinski definition) is 0. The van der Waals surface area contributed by atoms with E-state index in [1.165, 1.54) is 0 Å². The summed E-state index contributed by atoms with van der Waals surface area (Å²) in [4.78, 5) is 0. The van der Waals surface area contributed by atoms with Gasteiger partial charge >= 0.3 is 165 Å². The van der Waals surface area contributed by atoms with Crippen LogP contribution in [0, 0.1) is 0 Å². The summed E-state index contributed by atoms with van der Waals surface area (Å²) in [6.45, 7) is 0. The number of nitrogens with zero attached hydrogens (tertiary/aromatic N) is 6. The SMILES string of the molecule is [Cl][Mn]([Cl])[C](n1cc(Br)cn1)(n1cc(Br)cn1)n1cc(Br)cn1. The van der Waals surface area contributed by atoms with E-state index in [2.05, 4.69) is 63.1 Å². The second-order valence-corrected chi connectivity index (χ2v) is 11.2. The molecule has 0 atom stereocenters. The van der Waals surface area contributed by atoms with Gasteiger partial charge in [-0.05, 0) is 0 Å². The van der Waals surface area contributed by atoms with Gasteiger partial charge in [-0.2, -0.15) is 0 Å². The standard InChI is InChI=1S/C10H6Br3N6.2ClH.Mn/c11-7-1-14-17(4-7)10(18-5-8(12)2-15-18)19-6-9(13)3-16-19;;;/h1-6H;2*1H;/q;;;+2/p-2. The Morgan fingerprint density at radius 3 is 1.27 bits per heavy atom. The summed E-state index contributed by atoms with van der Waals surface area (Å²) in [6, 6.07) is 0. The van der Waals surface area contributed by atoms with Crippen molar-refractivity contribution in [3.63, 3.8) is 0 Å². The first-order valence-electron chi connectivity index (χ1n) is 5.59. The van der Waals surface area contributed by atoms with Crippen molar-refractivity contribution in [2.24, 2.45) is 0 Å². The van der Waals surface area contributed by atoms with E-state index in [0.717, 1.165) is 13.4 Å². The molecule has 0 saturated heterocycles. The Morgan fingerprint density at radius 2 is 1.09 bits per heavy atom. The normalized spacial score (nSPS) is 12.7. The molecule has 6 nitrogen and oxygen atoms in total. The average Bonchev–Trinajstić information content (AvgIpc) is 3.15. The molecular formula is C10H6Br3Cl2MnN6. The van der Waals surface area contributed by atoms with Gasteiger partial charge in [0.05, 0.1) is 0 Å². The molecule has 22 heavy (non-hydrogen) atoms. The van der Waals surface area contributed by atoms with Crippen LogP contribution in [0.4, 0.5) is 0 Å². The topological polar surface area (TPSA) is 53.5 Å². The van der Waals surface area contributed by atoms with E-state index in [-0.39, 0.29) is 0 Å². The van der Waals surface area contributed by atoms with Gasteiger partial charge in [0.2, 0.25) is 0 Å². The summed E-state index contributed by atoms with van der Waals surface area (Å²) < 4.78 is 6.23. The fourth-order valence-corrected chi connectivity index (χ4v) is 5.40. The van der Waals surface area contributed by atoms with Crippen molar-refractivity contribution < 1.29 is 12.1 Å². The van der Waals surface area contributed by atoms with Crippen molar-refractivity contribution in [1.29, 1.82) is 0 Å². The quantitative estimate of drug-likeness (QED) is 0.440. The van der Waals surface area contributed by atoms with Crippen LogP contribution in [0.1, 0.15) is 0 Å². The zero-order chi connectivity index (χ0) is 15.9. The Balaban J connectivity index is 2.32. The predicted octanol–water partition coefficient (Wildman–Crippen LogP) is 4.15. The Kier molecular flexibility index (Phi) is 5.09. The van der Waals surface area contributed by atoms with Crippen LogP contribution in [0.15, 0.2) is 50.6 Å². The van der Waals surface area contributed by atoms with Gasteiger partial charge in [-0.3, -0.25) is 0 Å². The van der Waals surface area contributed by atoms with Gasteiger partial charge in [0.25, 0.3) is 0 Å². The van der Waals surface area contributed by atoms with E-state index in [4.69, 9.17) is 20.2 Å². The van der Waals surface area contributed by atoms with Gasteiger partial charge in [0.15, 0.2) is 0 Å². The van der Waals surface area contributed by atoms with Crippen LogP contribution in [0.3, 0.4) is 0 Å². The first-order chi connectivity index (χ1) is 10.4. The summed E-state index contributed by atoms with van der Waals surface area (Å²) >= 11 is 8.09. The Hall–Kier alpha value is 0.169. The minimum atomic E-state index is -2.09. The molecule has 3 aromatic heterocycles. The molecule has 0 fully saturated rings. The Morgan fingerprint density at radius 1 is 0.773 bits per heavy atom. The second kappa shape index (κ2) is 6.58. The fraction of sp³-hybridized carbons (Fsp3) is 0.100. The first kappa shape index (κ1) is 17.0. The van der Waals surface area contributed by atoms with Crippen molar-refractivity contribution in [3.05, 3.63) is 50.6 Å². The molecule has 0 saturated carbocycles. The van der Waals surface area contributed by atoms with Crippen LogP contribution in [-0.2, 0) is 16.8 Å². The number of hydrogen-bond acceptors (Lipinski definition) is 3. The van der Waals surface area contributed by atoms with Crippen LogP contribution in [0.2, 0.25) is 0 Å². The monoisotopic (exact) mass is 572 g/mol. The van der Waals surface area contributed by atoms with Gasteiger partial charge < -0.3 is 0 Å². The van der Waals surface area contributed by atoms with E-state index in [1.54, 1.807) is 51.2 Å². The Bertz CT molecular complexity index is 702. The van der Waals surface area contributed by atoms with E-state index in [1.807, 2.05) is 0 Å².